The molecule has 0 aromatic heterocycles. The van der Waals surface area contributed by atoms with Crippen LogP contribution in [-0.2, 0) is 10.0 Å². The van der Waals surface area contributed by atoms with Gasteiger partial charge in [-0.3, -0.25) is 14.4 Å². The van der Waals surface area contributed by atoms with Gasteiger partial charge in [0.15, 0.2) is 0 Å². The number of nitrogens with one attached hydrogen (secondary N) is 2. The molecule has 2 aromatic carbocycles. The molecule has 1 heterocycles. The summed E-state index contributed by atoms with van der Waals surface area (Å²) >= 11 is 0. The van der Waals surface area contributed by atoms with Gasteiger partial charge in [0.05, 0.1) is 4.90 Å². The van der Waals surface area contributed by atoms with Gasteiger partial charge in [-0.15, -0.1) is 0 Å². The highest BCUT2D eigenvalue weighted by atomic mass is 32.2. The fourth-order valence-corrected chi connectivity index (χ4v) is 4.75. The van der Waals surface area contributed by atoms with Crippen molar-refractivity contribution in [3.63, 3.8) is 0 Å². The number of nitrogens with zero attached hydrogens (tertiary/aromatic N) is 1. The van der Waals surface area contributed by atoms with E-state index in [0.29, 0.717) is 17.8 Å². The standard InChI is InChI=1S/C23H31N3O3S/c1-18-10-12-20(13-11-18)25-30(28,29)21-9-7-8-19(16-21)22(27)24-17-23(2,3)26-14-5-4-6-15-26/h7-13,16,25H,4-6,14-15,17H2,1-3H3,(H,24,27). The molecule has 1 saturated heterocycles. The highest BCUT2D eigenvalue weighted by Crippen LogP contribution is 2.21. The number of sulfonamides is 1. The van der Waals surface area contributed by atoms with Crippen LogP contribution in [0, 0.1) is 6.92 Å². The van der Waals surface area contributed by atoms with Gasteiger partial charge in [-0.1, -0.05) is 30.2 Å². The van der Waals surface area contributed by atoms with Crippen LogP contribution in [-0.4, -0.2) is 44.4 Å². The fourth-order valence-electron chi connectivity index (χ4n) is 3.65. The number of carbonyl (C=O) groups is 1. The predicted molar refractivity (Wildman–Crippen MR) is 120 cm³/mol. The van der Waals surface area contributed by atoms with Crippen molar-refractivity contribution in [2.45, 2.75) is 50.5 Å². The first kappa shape index (κ1) is 22.3. The molecule has 2 N–H and O–H groups in total. The Balaban J connectivity index is 1.67. The molecule has 0 atom stereocenters. The molecule has 0 saturated carbocycles. The minimum absolute atomic E-state index is 0.0611. The molecule has 2 aromatic rings. The van der Waals surface area contributed by atoms with Crippen LogP contribution in [0.2, 0.25) is 0 Å². The summed E-state index contributed by atoms with van der Waals surface area (Å²) < 4.78 is 28.0. The Morgan fingerprint density at radius 1 is 1.03 bits per heavy atom. The van der Waals surface area contributed by atoms with E-state index in [0.717, 1.165) is 18.7 Å². The smallest absolute Gasteiger partial charge is 0.261 e. The lowest BCUT2D eigenvalue weighted by Crippen LogP contribution is -2.53. The van der Waals surface area contributed by atoms with Crippen molar-refractivity contribution in [2.75, 3.05) is 24.4 Å². The molecule has 1 aliphatic heterocycles. The topological polar surface area (TPSA) is 78.5 Å². The Kier molecular flexibility index (Phi) is 6.83. The van der Waals surface area contributed by atoms with E-state index in [9.17, 15) is 13.2 Å². The van der Waals surface area contributed by atoms with Gasteiger partial charge in [0.2, 0.25) is 0 Å². The van der Waals surface area contributed by atoms with Crippen molar-refractivity contribution in [1.82, 2.24) is 10.2 Å². The molecular weight excluding hydrogens is 398 g/mol. The zero-order valence-corrected chi connectivity index (χ0v) is 18.8. The number of benzene rings is 2. The molecule has 3 rings (SSSR count). The number of aryl methyl sites for hydroxylation is 1. The van der Waals surface area contributed by atoms with E-state index >= 15 is 0 Å². The SMILES string of the molecule is Cc1ccc(NS(=O)(=O)c2cccc(C(=O)NCC(C)(C)N3CCCCC3)c2)cc1. The van der Waals surface area contributed by atoms with Crippen LogP contribution in [0.15, 0.2) is 53.4 Å². The maximum atomic E-state index is 12.7. The number of hydrogen-bond acceptors (Lipinski definition) is 4. The number of carbonyl (C=O) groups excluding carboxylic acids is 1. The molecule has 1 aliphatic rings. The summed E-state index contributed by atoms with van der Waals surface area (Å²) in [4.78, 5) is 15.2. The highest BCUT2D eigenvalue weighted by Gasteiger charge is 2.28. The van der Waals surface area contributed by atoms with Crippen molar-refractivity contribution in [3.8, 4) is 0 Å². The molecule has 162 valence electrons. The van der Waals surface area contributed by atoms with Crippen LogP contribution in [0.4, 0.5) is 5.69 Å². The number of rotatable bonds is 7. The first-order valence-corrected chi connectivity index (χ1v) is 11.9. The van der Waals surface area contributed by atoms with Crippen LogP contribution in [0.25, 0.3) is 0 Å². The quantitative estimate of drug-likeness (QED) is 0.702. The molecule has 0 aliphatic carbocycles. The zero-order valence-electron chi connectivity index (χ0n) is 17.9. The average Bonchev–Trinajstić information content (AvgIpc) is 2.74. The summed E-state index contributed by atoms with van der Waals surface area (Å²) in [6.07, 6.45) is 3.63. The second-order valence-corrected chi connectivity index (χ2v) is 10.2. The van der Waals surface area contributed by atoms with Gasteiger partial charge in [0.1, 0.15) is 0 Å². The fraction of sp³-hybridized carbons (Fsp3) is 0.435. The van der Waals surface area contributed by atoms with Crippen LogP contribution in [0.5, 0.6) is 0 Å². The van der Waals surface area contributed by atoms with Crippen LogP contribution < -0.4 is 10.0 Å². The van der Waals surface area contributed by atoms with Gasteiger partial charge >= 0.3 is 0 Å². The van der Waals surface area contributed by atoms with E-state index in [1.165, 1.54) is 31.4 Å². The third-order valence-corrected chi connectivity index (χ3v) is 6.98. The summed E-state index contributed by atoms with van der Waals surface area (Å²) in [5, 5.41) is 2.98. The highest BCUT2D eigenvalue weighted by molar-refractivity contribution is 7.92. The second kappa shape index (κ2) is 9.18. The Labute approximate surface area is 179 Å². The number of likely N-dealkylation sites (tertiary alicyclic amines) is 1. The number of hydrogen-bond donors (Lipinski definition) is 2. The summed E-state index contributed by atoms with van der Waals surface area (Å²) in [5.74, 6) is -0.271. The molecule has 7 heteroatoms. The largest absolute Gasteiger partial charge is 0.350 e. The summed E-state index contributed by atoms with van der Waals surface area (Å²) in [6, 6.07) is 13.2. The minimum atomic E-state index is -3.78. The molecule has 30 heavy (non-hydrogen) atoms. The average molecular weight is 430 g/mol. The van der Waals surface area contributed by atoms with E-state index < -0.39 is 10.0 Å². The molecule has 0 bridgehead atoms. The Morgan fingerprint density at radius 3 is 2.37 bits per heavy atom. The Hall–Kier alpha value is -2.38. The number of anilines is 1. The normalized spacial score (nSPS) is 15.6. The predicted octanol–water partition coefficient (Wildman–Crippen LogP) is 3.79. The Bertz CT molecular complexity index is 979. The second-order valence-electron chi connectivity index (χ2n) is 8.54. The third kappa shape index (κ3) is 5.61. The molecule has 0 radical (unpaired) electrons. The van der Waals surface area contributed by atoms with Gasteiger partial charge in [-0.2, -0.15) is 0 Å². The lowest BCUT2D eigenvalue weighted by Gasteiger charge is -2.41. The molecule has 0 unspecified atom stereocenters. The van der Waals surface area contributed by atoms with Crippen molar-refractivity contribution in [1.29, 1.82) is 0 Å². The summed E-state index contributed by atoms with van der Waals surface area (Å²) in [7, 11) is -3.78. The lowest BCUT2D eigenvalue weighted by molar-refractivity contribution is 0.0797. The number of piperidine rings is 1. The van der Waals surface area contributed by atoms with Crippen LogP contribution in [0.1, 0.15) is 49.0 Å². The maximum absolute atomic E-state index is 12.7. The van der Waals surface area contributed by atoms with Gasteiger partial charge in [0, 0.05) is 23.3 Å². The minimum Gasteiger partial charge on any atom is -0.350 e. The lowest BCUT2D eigenvalue weighted by atomic mass is 9.98. The first-order valence-electron chi connectivity index (χ1n) is 10.4. The van der Waals surface area contributed by atoms with E-state index in [1.54, 1.807) is 24.3 Å². The van der Waals surface area contributed by atoms with Crippen molar-refractivity contribution in [2.24, 2.45) is 0 Å². The number of amides is 1. The molecule has 1 fully saturated rings. The van der Waals surface area contributed by atoms with E-state index in [1.807, 2.05) is 19.1 Å². The summed E-state index contributed by atoms with van der Waals surface area (Å²) in [6.45, 7) is 8.79. The zero-order chi connectivity index (χ0) is 21.8. The van der Waals surface area contributed by atoms with Crippen molar-refractivity contribution < 1.29 is 13.2 Å². The molecule has 6 nitrogen and oxygen atoms in total. The van der Waals surface area contributed by atoms with Gasteiger partial charge in [0.25, 0.3) is 15.9 Å². The molecule has 1 amide bonds. The van der Waals surface area contributed by atoms with Gasteiger partial charge in [-0.05, 0) is 77.0 Å². The third-order valence-electron chi connectivity index (χ3n) is 5.60. The van der Waals surface area contributed by atoms with Crippen molar-refractivity contribution >= 4 is 21.6 Å². The van der Waals surface area contributed by atoms with Gasteiger partial charge in [-0.25, -0.2) is 8.42 Å². The maximum Gasteiger partial charge on any atom is 0.261 e. The van der Waals surface area contributed by atoms with Crippen LogP contribution in [0.3, 0.4) is 0 Å². The monoisotopic (exact) mass is 429 g/mol. The van der Waals surface area contributed by atoms with Crippen molar-refractivity contribution in [3.05, 3.63) is 59.7 Å². The van der Waals surface area contributed by atoms with E-state index in [-0.39, 0.29) is 16.3 Å². The molecular formula is C23H31N3O3S. The first-order chi connectivity index (χ1) is 14.2. The van der Waals surface area contributed by atoms with Gasteiger partial charge < -0.3 is 5.32 Å². The Morgan fingerprint density at radius 2 is 1.70 bits per heavy atom. The van der Waals surface area contributed by atoms with Crippen LogP contribution >= 0.6 is 0 Å². The van der Waals surface area contributed by atoms with E-state index in [4.69, 9.17) is 0 Å². The summed E-state index contributed by atoms with van der Waals surface area (Å²) in [5.41, 5.74) is 1.71. The molecule has 0 spiro atoms. The van der Waals surface area contributed by atoms with E-state index in [2.05, 4.69) is 28.8 Å².